The Morgan fingerprint density at radius 2 is 2.08 bits per heavy atom. The lowest BCUT2D eigenvalue weighted by molar-refractivity contribution is -0.134. The minimum absolute atomic E-state index is 0.364. The molecule has 0 saturated heterocycles. The van der Waals surface area contributed by atoms with E-state index in [-0.39, 0.29) is 0 Å². The van der Waals surface area contributed by atoms with Gasteiger partial charge in [0.15, 0.2) is 5.54 Å². The van der Waals surface area contributed by atoms with E-state index in [1.807, 2.05) is 0 Å². The van der Waals surface area contributed by atoms with Gasteiger partial charge in [0.1, 0.15) is 6.10 Å². The minimum Gasteiger partial charge on any atom is -0.375 e. The molecule has 25 heavy (non-hydrogen) atoms. The average Bonchev–Trinajstić information content (AvgIpc) is 2.93. The molecule has 0 aliphatic carbocycles. The van der Waals surface area contributed by atoms with Crippen molar-refractivity contribution in [2.24, 2.45) is 0 Å². The fraction of sp³-hybridized carbons (Fsp3) is 0.438. The number of benzene rings is 1. The largest absolute Gasteiger partial charge is 0.375 e. The van der Waals surface area contributed by atoms with Crippen molar-refractivity contribution in [3.8, 4) is 0 Å². The zero-order valence-corrected chi connectivity index (χ0v) is 15.4. The first kappa shape index (κ1) is 19.9. The molecule has 1 aromatic carbocycles. The van der Waals surface area contributed by atoms with Gasteiger partial charge in [-0.15, -0.1) is 0 Å². The number of ether oxygens (including phenoxy) is 1. The molecule has 0 fully saturated rings. The number of hydrogen-bond donors (Lipinski definition) is 2. The first-order valence-electron chi connectivity index (χ1n) is 7.48. The van der Waals surface area contributed by atoms with Gasteiger partial charge in [-0.2, -0.15) is 0 Å². The van der Waals surface area contributed by atoms with Gasteiger partial charge in [0.2, 0.25) is 0 Å². The standard InChI is InChI=1S/C16H19Cl2F2N3O2/c1-9(13(25-3)11-5-4-10(17)8-12(11)18)21-15(24)16(14(19)20)6-7-23(2)22-16/h4-9,13-14,22H,1-3H3,(H,21,24). The first-order chi connectivity index (χ1) is 11.7. The van der Waals surface area contributed by atoms with Crippen LogP contribution in [0.1, 0.15) is 18.6 Å². The van der Waals surface area contributed by atoms with Crippen LogP contribution in [0.2, 0.25) is 10.0 Å². The molecule has 138 valence electrons. The quantitative estimate of drug-likeness (QED) is 0.779. The van der Waals surface area contributed by atoms with Crippen LogP contribution in [-0.2, 0) is 9.53 Å². The highest BCUT2D eigenvalue weighted by Gasteiger charge is 2.49. The van der Waals surface area contributed by atoms with Gasteiger partial charge in [0.05, 0.1) is 6.04 Å². The van der Waals surface area contributed by atoms with Gasteiger partial charge in [0, 0.05) is 36.0 Å². The van der Waals surface area contributed by atoms with E-state index in [0.29, 0.717) is 15.6 Å². The second-order valence-corrected chi connectivity index (χ2v) is 6.64. The Labute approximate surface area is 154 Å². The molecular formula is C16H19Cl2F2N3O2. The fourth-order valence-electron chi connectivity index (χ4n) is 2.68. The molecule has 5 nitrogen and oxygen atoms in total. The van der Waals surface area contributed by atoms with Gasteiger partial charge >= 0.3 is 0 Å². The van der Waals surface area contributed by atoms with Crippen molar-refractivity contribution in [3.05, 3.63) is 46.1 Å². The van der Waals surface area contributed by atoms with Gasteiger partial charge < -0.3 is 15.1 Å². The van der Waals surface area contributed by atoms with Crippen LogP contribution in [0.15, 0.2) is 30.5 Å². The highest BCUT2D eigenvalue weighted by molar-refractivity contribution is 6.35. The number of rotatable bonds is 6. The van der Waals surface area contributed by atoms with Crippen molar-refractivity contribution < 1.29 is 18.3 Å². The number of carbonyl (C=O) groups excluding carboxylic acids is 1. The van der Waals surface area contributed by atoms with Crippen LogP contribution in [0.4, 0.5) is 8.78 Å². The number of nitrogens with one attached hydrogen (secondary N) is 2. The Hall–Kier alpha value is -1.41. The first-order valence-corrected chi connectivity index (χ1v) is 8.23. The SMILES string of the molecule is COC(c1ccc(Cl)cc1Cl)C(C)NC(=O)C1(C(F)F)C=CN(C)N1. The fourth-order valence-corrected chi connectivity index (χ4v) is 3.19. The maximum atomic E-state index is 13.5. The molecule has 0 bridgehead atoms. The molecule has 3 unspecified atom stereocenters. The highest BCUT2D eigenvalue weighted by Crippen LogP contribution is 2.31. The van der Waals surface area contributed by atoms with E-state index in [1.165, 1.54) is 25.4 Å². The number of amides is 1. The van der Waals surface area contributed by atoms with E-state index in [1.54, 1.807) is 25.1 Å². The van der Waals surface area contributed by atoms with E-state index in [4.69, 9.17) is 27.9 Å². The van der Waals surface area contributed by atoms with Crippen LogP contribution < -0.4 is 10.7 Å². The molecule has 2 rings (SSSR count). The van der Waals surface area contributed by atoms with Crippen LogP contribution in [0, 0.1) is 0 Å². The molecule has 1 aromatic rings. The Bertz CT molecular complexity index is 675. The highest BCUT2D eigenvalue weighted by atomic mass is 35.5. The summed E-state index contributed by atoms with van der Waals surface area (Å²) in [6.45, 7) is 1.65. The Kier molecular flexibility index (Phi) is 6.26. The van der Waals surface area contributed by atoms with Crippen LogP contribution in [0.25, 0.3) is 0 Å². The number of methoxy groups -OCH3 is 1. The lowest BCUT2D eigenvalue weighted by Gasteiger charge is -2.31. The summed E-state index contributed by atoms with van der Waals surface area (Å²) in [7, 11) is 2.98. The zero-order valence-electron chi connectivity index (χ0n) is 13.9. The van der Waals surface area contributed by atoms with Gasteiger partial charge in [-0.05, 0) is 25.1 Å². The van der Waals surface area contributed by atoms with Crippen LogP contribution in [0.5, 0.6) is 0 Å². The van der Waals surface area contributed by atoms with E-state index < -0.39 is 30.0 Å². The maximum Gasteiger partial charge on any atom is 0.270 e. The summed E-state index contributed by atoms with van der Waals surface area (Å²) in [6.07, 6.45) is -1.05. The van der Waals surface area contributed by atoms with Crippen molar-refractivity contribution in [2.75, 3.05) is 14.2 Å². The second-order valence-electron chi connectivity index (χ2n) is 5.79. The summed E-state index contributed by atoms with van der Waals surface area (Å²) in [5.74, 6) is -0.859. The second kappa shape index (κ2) is 7.86. The van der Waals surface area contributed by atoms with Crippen molar-refractivity contribution in [1.29, 1.82) is 0 Å². The molecular weight excluding hydrogens is 375 g/mol. The van der Waals surface area contributed by atoms with E-state index in [0.717, 1.165) is 6.08 Å². The number of halogens is 4. The number of nitrogens with zero attached hydrogens (tertiary/aromatic N) is 1. The van der Waals surface area contributed by atoms with Crippen LogP contribution in [0.3, 0.4) is 0 Å². The summed E-state index contributed by atoms with van der Waals surface area (Å²) in [5.41, 5.74) is 0.940. The molecule has 2 N–H and O–H groups in total. The predicted molar refractivity (Wildman–Crippen MR) is 92.6 cm³/mol. The van der Waals surface area contributed by atoms with Gasteiger partial charge in [-0.3, -0.25) is 4.79 Å². The van der Waals surface area contributed by atoms with Crippen molar-refractivity contribution in [3.63, 3.8) is 0 Å². The third-order valence-electron chi connectivity index (χ3n) is 3.98. The Balaban J connectivity index is 2.20. The summed E-state index contributed by atoms with van der Waals surface area (Å²) < 4.78 is 32.4. The van der Waals surface area contributed by atoms with Crippen LogP contribution in [-0.4, -0.2) is 43.1 Å². The number of hydrogen-bond acceptors (Lipinski definition) is 4. The smallest absolute Gasteiger partial charge is 0.270 e. The topological polar surface area (TPSA) is 53.6 Å². The molecule has 1 heterocycles. The molecule has 3 atom stereocenters. The lowest BCUT2D eigenvalue weighted by Crippen LogP contribution is -2.62. The van der Waals surface area contributed by atoms with Crippen molar-refractivity contribution in [2.45, 2.75) is 31.0 Å². The van der Waals surface area contributed by atoms with Gasteiger partial charge in [-0.1, -0.05) is 29.3 Å². The average molecular weight is 394 g/mol. The van der Waals surface area contributed by atoms with E-state index in [2.05, 4.69) is 10.7 Å². The molecule has 9 heteroatoms. The van der Waals surface area contributed by atoms with Crippen LogP contribution >= 0.6 is 23.2 Å². The summed E-state index contributed by atoms with van der Waals surface area (Å²) in [4.78, 5) is 12.5. The predicted octanol–water partition coefficient (Wildman–Crippen LogP) is 3.15. The van der Waals surface area contributed by atoms with Gasteiger partial charge in [0.25, 0.3) is 12.3 Å². The molecule has 0 spiro atoms. The molecule has 1 aliphatic rings. The molecule has 1 aliphatic heterocycles. The van der Waals surface area contributed by atoms with Crippen molar-refractivity contribution in [1.82, 2.24) is 15.8 Å². The maximum absolute atomic E-state index is 13.5. The monoisotopic (exact) mass is 393 g/mol. The Morgan fingerprint density at radius 3 is 2.56 bits per heavy atom. The van der Waals surface area contributed by atoms with E-state index >= 15 is 0 Å². The molecule has 0 saturated carbocycles. The zero-order chi connectivity index (χ0) is 18.8. The number of alkyl halides is 2. The summed E-state index contributed by atoms with van der Waals surface area (Å²) in [5, 5.41) is 4.71. The minimum atomic E-state index is -2.93. The third kappa shape index (κ3) is 4.06. The lowest BCUT2D eigenvalue weighted by atomic mass is 9.98. The third-order valence-corrected chi connectivity index (χ3v) is 4.54. The normalized spacial score (nSPS) is 22.3. The summed E-state index contributed by atoms with van der Waals surface area (Å²) in [6, 6.07) is 4.25. The molecule has 0 radical (unpaired) electrons. The van der Waals surface area contributed by atoms with Gasteiger partial charge in [-0.25, -0.2) is 14.2 Å². The molecule has 0 aromatic heterocycles. The van der Waals surface area contributed by atoms with Crippen molar-refractivity contribution >= 4 is 29.1 Å². The number of carbonyl (C=O) groups is 1. The summed E-state index contributed by atoms with van der Waals surface area (Å²) >= 11 is 12.1. The molecule has 1 amide bonds. The van der Waals surface area contributed by atoms with E-state index in [9.17, 15) is 13.6 Å². The Morgan fingerprint density at radius 1 is 1.40 bits per heavy atom. The number of hydrazine groups is 1.